The molecule has 2 N–H and O–H groups in total. The second-order valence-electron chi connectivity index (χ2n) is 4.89. The highest BCUT2D eigenvalue weighted by Crippen LogP contribution is 2.36. The lowest BCUT2D eigenvalue weighted by Gasteiger charge is -2.13. The van der Waals surface area contributed by atoms with Crippen molar-refractivity contribution in [2.75, 3.05) is 6.54 Å². The molecule has 3 unspecified atom stereocenters. The van der Waals surface area contributed by atoms with Crippen LogP contribution in [0.25, 0.3) is 0 Å². The molecule has 0 bridgehead atoms. The van der Waals surface area contributed by atoms with E-state index in [-0.39, 0.29) is 11.9 Å². The summed E-state index contributed by atoms with van der Waals surface area (Å²) in [5.74, 6) is 1.84. The van der Waals surface area contributed by atoms with E-state index in [0.717, 1.165) is 31.2 Å². The normalized spacial score (nSPS) is 32.4. The molecule has 3 nitrogen and oxygen atoms in total. The minimum Gasteiger partial charge on any atom is -0.352 e. The van der Waals surface area contributed by atoms with E-state index in [1.165, 1.54) is 6.42 Å². The number of nitrogens with one attached hydrogen (secondary N) is 2. The third kappa shape index (κ3) is 2.71. The Morgan fingerprint density at radius 2 is 2.14 bits per heavy atom. The first kappa shape index (κ1) is 9.97. The van der Waals surface area contributed by atoms with Crippen LogP contribution in [0.1, 0.15) is 33.1 Å². The van der Waals surface area contributed by atoms with Gasteiger partial charge in [0.25, 0.3) is 0 Å². The average Bonchev–Trinajstić information content (AvgIpc) is 3.01. The van der Waals surface area contributed by atoms with Crippen LogP contribution in [-0.2, 0) is 4.79 Å². The lowest BCUT2D eigenvalue weighted by molar-refractivity contribution is -0.122. The van der Waals surface area contributed by atoms with Crippen LogP contribution >= 0.6 is 0 Å². The molecule has 0 aromatic rings. The minimum atomic E-state index is -0.0246. The van der Waals surface area contributed by atoms with E-state index in [9.17, 15) is 4.79 Å². The van der Waals surface area contributed by atoms with Gasteiger partial charge in [-0.1, -0.05) is 6.92 Å². The molecule has 0 aromatic heterocycles. The number of carbonyl (C=O) groups excluding carboxylic acids is 1. The summed E-state index contributed by atoms with van der Waals surface area (Å²) in [4.78, 5) is 11.5. The van der Waals surface area contributed by atoms with E-state index in [4.69, 9.17) is 0 Å². The Balaban J connectivity index is 1.60. The van der Waals surface area contributed by atoms with Crippen molar-refractivity contribution < 1.29 is 4.79 Å². The number of hydrogen-bond acceptors (Lipinski definition) is 2. The summed E-state index contributed by atoms with van der Waals surface area (Å²) < 4.78 is 0. The third-order valence-electron chi connectivity index (χ3n) is 3.28. The van der Waals surface area contributed by atoms with Gasteiger partial charge >= 0.3 is 0 Å². The van der Waals surface area contributed by atoms with Crippen molar-refractivity contribution in [3.05, 3.63) is 0 Å². The maximum Gasteiger partial charge on any atom is 0.237 e. The van der Waals surface area contributed by atoms with Gasteiger partial charge < -0.3 is 10.6 Å². The van der Waals surface area contributed by atoms with Gasteiger partial charge in [-0.2, -0.15) is 0 Å². The van der Waals surface area contributed by atoms with Crippen molar-refractivity contribution in [2.24, 2.45) is 11.8 Å². The summed E-state index contributed by atoms with van der Waals surface area (Å²) in [6, 6.07) is 0.454. The van der Waals surface area contributed by atoms with Gasteiger partial charge in [0.2, 0.25) is 5.91 Å². The Kier molecular flexibility index (Phi) is 2.77. The molecule has 0 aromatic carbocycles. The van der Waals surface area contributed by atoms with E-state index in [1.807, 2.05) is 6.92 Å². The number of amides is 1. The van der Waals surface area contributed by atoms with Crippen molar-refractivity contribution in [1.82, 2.24) is 10.6 Å². The number of hydrogen-bond donors (Lipinski definition) is 2. The Morgan fingerprint density at radius 1 is 1.50 bits per heavy atom. The molecule has 3 atom stereocenters. The second kappa shape index (κ2) is 3.89. The zero-order valence-corrected chi connectivity index (χ0v) is 9.05. The topological polar surface area (TPSA) is 41.1 Å². The molecule has 2 fully saturated rings. The van der Waals surface area contributed by atoms with Crippen LogP contribution in [0.4, 0.5) is 0 Å². The second-order valence-corrected chi connectivity index (χ2v) is 4.89. The third-order valence-corrected chi connectivity index (χ3v) is 3.28. The van der Waals surface area contributed by atoms with Gasteiger partial charge in [0, 0.05) is 6.04 Å². The van der Waals surface area contributed by atoms with Crippen LogP contribution in [0.2, 0.25) is 0 Å². The van der Waals surface area contributed by atoms with Gasteiger partial charge in [-0.05, 0) is 44.6 Å². The molecule has 1 amide bonds. The monoisotopic (exact) mass is 196 g/mol. The van der Waals surface area contributed by atoms with Crippen LogP contribution < -0.4 is 10.6 Å². The summed E-state index contributed by atoms with van der Waals surface area (Å²) in [6.07, 6.45) is 3.65. The summed E-state index contributed by atoms with van der Waals surface area (Å²) in [5, 5.41) is 6.30. The fourth-order valence-corrected chi connectivity index (χ4v) is 1.66. The van der Waals surface area contributed by atoms with Gasteiger partial charge in [-0.25, -0.2) is 0 Å². The SMILES string of the molecule is CC(NCC1CC1C)C(=O)NC1CC1. The van der Waals surface area contributed by atoms with Gasteiger partial charge in [0.1, 0.15) is 0 Å². The summed E-state index contributed by atoms with van der Waals surface area (Å²) in [5.41, 5.74) is 0. The van der Waals surface area contributed by atoms with Crippen molar-refractivity contribution in [3.63, 3.8) is 0 Å². The molecule has 2 aliphatic rings. The predicted molar refractivity (Wildman–Crippen MR) is 55.9 cm³/mol. The van der Waals surface area contributed by atoms with Crippen LogP contribution in [0.15, 0.2) is 0 Å². The lowest BCUT2D eigenvalue weighted by Crippen LogP contribution is -2.43. The van der Waals surface area contributed by atoms with Crippen molar-refractivity contribution in [3.8, 4) is 0 Å². The molecular weight excluding hydrogens is 176 g/mol. The van der Waals surface area contributed by atoms with Crippen LogP contribution in [-0.4, -0.2) is 24.5 Å². The Labute approximate surface area is 85.6 Å². The summed E-state index contributed by atoms with van der Waals surface area (Å²) in [7, 11) is 0. The molecule has 0 saturated heterocycles. The molecule has 2 rings (SSSR count). The zero-order chi connectivity index (χ0) is 10.1. The molecular formula is C11H20N2O. The van der Waals surface area contributed by atoms with E-state index >= 15 is 0 Å². The maximum atomic E-state index is 11.5. The first-order valence-electron chi connectivity index (χ1n) is 5.70. The van der Waals surface area contributed by atoms with Crippen LogP contribution in [0.3, 0.4) is 0 Å². The van der Waals surface area contributed by atoms with Gasteiger partial charge in [-0.3, -0.25) is 4.79 Å². The number of rotatable bonds is 5. The lowest BCUT2D eigenvalue weighted by atomic mass is 10.2. The summed E-state index contributed by atoms with van der Waals surface area (Å²) >= 11 is 0. The highest BCUT2D eigenvalue weighted by molar-refractivity contribution is 5.81. The average molecular weight is 196 g/mol. The quantitative estimate of drug-likeness (QED) is 0.686. The molecule has 2 saturated carbocycles. The largest absolute Gasteiger partial charge is 0.352 e. The molecule has 2 aliphatic carbocycles. The highest BCUT2D eigenvalue weighted by Gasteiger charge is 2.33. The number of carbonyl (C=O) groups is 1. The Bertz CT molecular complexity index is 225. The smallest absolute Gasteiger partial charge is 0.237 e. The predicted octanol–water partition coefficient (Wildman–Crippen LogP) is 0.899. The fourth-order valence-electron chi connectivity index (χ4n) is 1.66. The van der Waals surface area contributed by atoms with E-state index in [2.05, 4.69) is 17.6 Å². The molecule has 80 valence electrons. The van der Waals surface area contributed by atoms with E-state index < -0.39 is 0 Å². The van der Waals surface area contributed by atoms with Crippen molar-refractivity contribution in [1.29, 1.82) is 0 Å². The maximum absolute atomic E-state index is 11.5. The van der Waals surface area contributed by atoms with Crippen LogP contribution in [0, 0.1) is 11.8 Å². The van der Waals surface area contributed by atoms with Gasteiger partial charge in [0.15, 0.2) is 0 Å². The van der Waals surface area contributed by atoms with Crippen molar-refractivity contribution in [2.45, 2.75) is 45.2 Å². The zero-order valence-electron chi connectivity index (χ0n) is 9.05. The molecule has 3 heteroatoms. The van der Waals surface area contributed by atoms with Gasteiger partial charge in [-0.15, -0.1) is 0 Å². The molecule has 0 heterocycles. The Hall–Kier alpha value is -0.570. The minimum absolute atomic E-state index is 0.0246. The van der Waals surface area contributed by atoms with E-state index in [1.54, 1.807) is 0 Å². The van der Waals surface area contributed by atoms with E-state index in [0.29, 0.717) is 6.04 Å². The molecule has 14 heavy (non-hydrogen) atoms. The van der Waals surface area contributed by atoms with Crippen molar-refractivity contribution >= 4 is 5.91 Å². The first-order chi connectivity index (χ1) is 6.66. The molecule has 0 radical (unpaired) electrons. The molecule has 0 spiro atoms. The first-order valence-corrected chi connectivity index (χ1v) is 5.70. The Morgan fingerprint density at radius 3 is 2.64 bits per heavy atom. The van der Waals surface area contributed by atoms with Crippen LogP contribution in [0.5, 0.6) is 0 Å². The summed E-state index contributed by atoms with van der Waals surface area (Å²) in [6.45, 7) is 5.21. The van der Waals surface area contributed by atoms with Gasteiger partial charge in [0.05, 0.1) is 6.04 Å². The fraction of sp³-hybridized carbons (Fsp3) is 0.909. The standard InChI is InChI=1S/C11H20N2O/c1-7-5-9(7)6-12-8(2)11(14)13-10-3-4-10/h7-10,12H,3-6H2,1-2H3,(H,13,14). The highest BCUT2D eigenvalue weighted by atomic mass is 16.2. The molecule has 0 aliphatic heterocycles.